The molecule has 24 heavy (non-hydrogen) atoms. The molecule has 2 bridgehead atoms. The highest BCUT2D eigenvalue weighted by atomic mass is 35.5. The van der Waals surface area contributed by atoms with Crippen molar-refractivity contribution in [2.45, 2.75) is 37.9 Å². The van der Waals surface area contributed by atoms with Gasteiger partial charge in [0.15, 0.2) is 0 Å². The molecular weight excluding hydrogens is 324 g/mol. The maximum absolute atomic E-state index is 12.8. The summed E-state index contributed by atoms with van der Waals surface area (Å²) in [5.41, 5.74) is 1.65. The second kappa shape index (κ2) is 6.57. The summed E-state index contributed by atoms with van der Waals surface area (Å²) in [7, 11) is 0. The molecule has 4 rings (SSSR count). The summed E-state index contributed by atoms with van der Waals surface area (Å²) >= 11 is 6.20. The van der Waals surface area contributed by atoms with E-state index in [2.05, 4.69) is 10.4 Å². The van der Waals surface area contributed by atoms with Crippen LogP contribution in [0.25, 0.3) is 0 Å². The number of benzene rings is 1. The molecule has 1 aromatic carbocycles. The van der Waals surface area contributed by atoms with E-state index in [-0.39, 0.29) is 5.91 Å². The van der Waals surface area contributed by atoms with Gasteiger partial charge >= 0.3 is 0 Å². The van der Waals surface area contributed by atoms with Crippen LogP contribution in [-0.2, 0) is 6.54 Å². The Morgan fingerprint density at radius 1 is 1.25 bits per heavy atom. The minimum absolute atomic E-state index is 0.0785. The van der Waals surface area contributed by atoms with E-state index in [1.807, 2.05) is 35.4 Å². The maximum Gasteiger partial charge on any atom is 0.257 e. The number of aromatic nitrogens is 2. The van der Waals surface area contributed by atoms with E-state index in [9.17, 15) is 4.79 Å². The fraction of sp³-hybridized carbons (Fsp3) is 0.444. The Labute approximate surface area is 146 Å². The third-order valence-electron chi connectivity index (χ3n) is 4.98. The molecular formula is C18H21ClN4O. The summed E-state index contributed by atoms with van der Waals surface area (Å²) in [5.74, 6) is 0.0785. The molecule has 2 aliphatic heterocycles. The van der Waals surface area contributed by atoms with Gasteiger partial charge in [0, 0.05) is 36.4 Å². The van der Waals surface area contributed by atoms with Gasteiger partial charge in [0.05, 0.1) is 18.3 Å². The zero-order chi connectivity index (χ0) is 16.5. The van der Waals surface area contributed by atoms with E-state index >= 15 is 0 Å². The van der Waals surface area contributed by atoms with Gasteiger partial charge in [0.1, 0.15) is 0 Å². The number of fused-ring (bicyclic) bond motifs is 2. The van der Waals surface area contributed by atoms with Crippen molar-refractivity contribution in [1.82, 2.24) is 20.0 Å². The summed E-state index contributed by atoms with van der Waals surface area (Å²) in [6, 6.07) is 8.73. The van der Waals surface area contributed by atoms with Crippen LogP contribution in [0, 0.1) is 0 Å². The Hall–Kier alpha value is -1.85. The van der Waals surface area contributed by atoms with E-state index in [1.165, 1.54) is 12.8 Å². The van der Waals surface area contributed by atoms with Crippen LogP contribution in [0.5, 0.6) is 0 Å². The monoisotopic (exact) mass is 344 g/mol. The highest BCUT2D eigenvalue weighted by molar-refractivity contribution is 6.31. The van der Waals surface area contributed by atoms with Crippen molar-refractivity contribution in [3.63, 3.8) is 0 Å². The van der Waals surface area contributed by atoms with Gasteiger partial charge in [0.25, 0.3) is 5.91 Å². The van der Waals surface area contributed by atoms with Crippen LogP contribution in [-0.4, -0.2) is 45.8 Å². The summed E-state index contributed by atoms with van der Waals surface area (Å²) < 4.78 is 1.77. The highest BCUT2D eigenvalue weighted by Gasteiger charge is 2.31. The summed E-state index contributed by atoms with van der Waals surface area (Å²) in [5, 5.41) is 8.66. The third-order valence-corrected chi connectivity index (χ3v) is 5.35. The van der Waals surface area contributed by atoms with E-state index in [0.717, 1.165) is 30.1 Å². The molecule has 0 spiro atoms. The second-order valence-corrected chi connectivity index (χ2v) is 7.10. The average Bonchev–Trinajstić information content (AvgIpc) is 3.16. The van der Waals surface area contributed by atoms with Crippen molar-refractivity contribution >= 4 is 17.5 Å². The molecule has 2 atom stereocenters. The summed E-state index contributed by atoms with van der Waals surface area (Å²) in [4.78, 5) is 14.7. The maximum atomic E-state index is 12.8. The Bertz CT molecular complexity index is 744. The van der Waals surface area contributed by atoms with Gasteiger partial charge < -0.3 is 10.2 Å². The fourth-order valence-electron chi connectivity index (χ4n) is 3.67. The molecule has 5 nitrogen and oxygen atoms in total. The number of carbonyl (C=O) groups is 1. The number of carbonyl (C=O) groups excluding carboxylic acids is 1. The molecule has 2 saturated heterocycles. The number of rotatable bonds is 3. The molecule has 0 saturated carbocycles. The van der Waals surface area contributed by atoms with Gasteiger partial charge in [-0.3, -0.25) is 9.48 Å². The number of nitrogens with zero attached hydrogens (tertiary/aromatic N) is 3. The summed E-state index contributed by atoms with van der Waals surface area (Å²) in [6.45, 7) is 2.19. The Kier molecular flexibility index (Phi) is 4.29. The molecule has 1 aromatic heterocycles. The molecule has 2 aliphatic rings. The first-order valence-electron chi connectivity index (χ1n) is 8.50. The Balaban J connectivity index is 1.46. The summed E-state index contributed by atoms with van der Waals surface area (Å²) in [6.07, 6.45) is 6.93. The van der Waals surface area contributed by atoms with E-state index in [1.54, 1.807) is 10.9 Å². The standard InChI is InChI=1S/C18H21ClN4O/c19-17-4-2-1-3-13(17)10-23-11-14(9-20-23)18(24)22-8-7-15-5-6-16(12-22)21-15/h1-4,9,11,15-16,21H,5-8,10,12H2. The zero-order valence-electron chi connectivity index (χ0n) is 13.5. The van der Waals surface area contributed by atoms with Crippen LogP contribution in [0.2, 0.25) is 5.02 Å². The van der Waals surface area contributed by atoms with E-state index in [4.69, 9.17) is 11.6 Å². The van der Waals surface area contributed by atoms with Crippen LogP contribution in [0.1, 0.15) is 35.2 Å². The van der Waals surface area contributed by atoms with Crippen LogP contribution >= 0.6 is 11.6 Å². The molecule has 0 aliphatic carbocycles. The molecule has 126 valence electrons. The van der Waals surface area contributed by atoms with Crippen molar-refractivity contribution in [2.24, 2.45) is 0 Å². The molecule has 3 heterocycles. The fourth-order valence-corrected chi connectivity index (χ4v) is 3.87. The Morgan fingerprint density at radius 3 is 2.96 bits per heavy atom. The first-order valence-corrected chi connectivity index (χ1v) is 8.88. The SMILES string of the molecule is O=C(c1cnn(Cc2ccccc2Cl)c1)N1CCC2CCC(C1)N2. The van der Waals surface area contributed by atoms with E-state index in [0.29, 0.717) is 24.2 Å². The van der Waals surface area contributed by atoms with Crippen molar-refractivity contribution in [3.8, 4) is 0 Å². The van der Waals surface area contributed by atoms with Gasteiger partial charge in [-0.1, -0.05) is 29.8 Å². The second-order valence-electron chi connectivity index (χ2n) is 6.70. The predicted octanol–water partition coefficient (Wildman–Crippen LogP) is 2.55. The number of halogens is 1. The van der Waals surface area contributed by atoms with Crippen LogP contribution in [0.3, 0.4) is 0 Å². The third kappa shape index (κ3) is 3.19. The quantitative estimate of drug-likeness (QED) is 0.931. The van der Waals surface area contributed by atoms with Gasteiger partial charge in [-0.2, -0.15) is 5.10 Å². The molecule has 1 N–H and O–H groups in total. The lowest BCUT2D eigenvalue weighted by molar-refractivity contribution is 0.0748. The molecule has 2 aromatic rings. The first kappa shape index (κ1) is 15.7. The number of hydrogen-bond donors (Lipinski definition) is 1. The minimum atomic E-state index is 0.0785. The van der Waals surface area contributed by atoms with Crippen molar-refractivity contribution in [1.29, 1.82) is 0 Å². The number of likely N-dealkylation sites (tertiary alicyclic amines) is 1. The van der Waals surface area contributed by atoms with Crippen LogP contribution < -0.4 is 5.32 Å². The number of hydrogen-bond acceptors (Lipinski definition) is 3. The minimum Gasteiger partial charge on any atom is -0.337 e. The van der Waals surface area contributed by atoms with E-state index < -0.39 is 0 Å². The van der Waals surface area contributed by atoms with Crippen molar-refractivity contribution in [2.75, 3.05) is 13.1 Å². The van der Waals surface area contributed by atoms with Gasteiger partial charge in [-0.25, -0.2) is 0 Å². The molecule has 0 radical (unpaired) electrons. The smallest absolute Gasteiger partial charge is 0.257 e. The highest BCUT2D eigenvalue weighted by Crippen LogP contribution is 2.22. The van der Waals surface area contributed by atoms with Gasteiger partial charge in [-0.05, 0) is 30.9 Å². The molecule has 6 heteroatoms. The largest absolute Gasteiger partial charge is 0.337 e. The zero-order valence-corrected chi connectivity index (χ0v) is 14.2. The first-order chi connectivity index (χ1) is 11.7. The average molecular weight is 345 g/mol. The van der Waals surface area contributed by atoms with Gasteiger partial charge in [0.2, 0.25) is 0 Å². The lowest BCUT2D eigenvalue weighted by Gasteiger charge is -2.23. The molecule has 2 unspecified atom stereocenters. The topological polar surface area (TPSA) is 50.2 Å². The number of nitrogens with one attached hydrogen (secondary N) is 1. The van der Waals surface area contributed by atoms with Crippen LogP contribution in [0.15, 0.2) is 36.7 Å². The lowest BCUT2D eigenvalue weighted by atomic mass is 10.1. The Morgan fingerprint density at radius 2 is 2.08 bits per heavy atom. The molecule has 1 amide bonds. The molecule has 2 fully saturated rings. The lowest BCUT2D eigenvalue weighted by Crippen LogP contribution is -2.38. The van der Waals surface area contributed by atoms with Crippen molar-refractivity contribution in [3.05, 3.63) is 52.8 Å². The van der Waals surface area contributed by atoms with Crippen LogP contribution in [0.4, 0.5) is 0 Å². The van der Waals surface area contributed by atoms with Gasteiger partial charge in [-0.15, -0.1) is 0 Å². The predicted molar refractivity (Wildman–Crippen MR) is 93.2 cm³/mol. The normalized spacial score (nSPS) is 23.3. The van der Waals surface area contributed by atoms with Crippen molar-refractivity contribution < 1.29 is 4.79 Å². The number of amides is 1.